The third-order valence-corrected chi connectivity index (χ3v) is 5.77. The Labute approximate surface area is 194 Å². The lowest BCUT2D eigenvalue weighted by molar-refractivity contribution is -0.122. The molecule has 4 aromatic rings. The third kappa shape index (κ3) is 5.27. The quantitative estimate of drug-likeness (QED) is 0.407. The second-order valence-electron chi connectivity index (χ2n) is 8.07. The van der Waals surface area contributed by atoms with Crippen LogP contribution in [0.5, 0.6) is 0 Å². The molecule has 1 atom stereocenters. The number of benzene rings is 4. The second-order valence-corrected chi connectivity index (χ2v) is 8.07. The summed E-state index contributed by atoms with van der Waals surface area (Å²) in [7, 11) is 1.77. The van der Waals surface area contributed by atoms with Gasteiger partial charge >= 0.3 is 0 Å². The number of hydrogen-bond acceptors (Lipinski definition) is 3. The van der Waals surface area contributed by atoms with E-state index in [9.17, 15) is 9.59 Å². The van der Waals surface area contributed by atoms with Crippen LogP contribution in [-0.2, 0) is 9.59 Å². The van der Waals surface area contributed by atoms with Gasteiger partial charge in [0.05, 0.1) is 12.6 Å². The first kappa shape index (κ1) is 22.2. The largest absolute Gasteiger partial charge is 0.324 e. The molecule has 4 rings (SSSR count). The molecule has 0 unspecified atom stereocenters. The highest BCUT2D eigenvalue weighted by Crippen LogP contribution is 2.28. The van der Waals surface area contributed by atoms with Crippen molar-refractivity contribution in [1.82, 2.24) is 4.90 Å². The molecule has 33 heavy (non-hydrogen) atoms. The van der Waals surface area contributed by atoms with E-state index in [0.717, 1.165) is 33.3 Å². The van der Waals surface area contributed by atoms with Crippen LogP contribution in [0.4, 0.5) is 11.4 Å². The number of rotatable bonds is 7. The fraction of sp³-hybridized carbons (Fsp3) is 0.143. The molecule has 0 spiro atoms. The molecule has 0 radical (unpaired) electrons. The molecule has 0 saturated carbocycles. The number of hydrogen-bond donors (Lipinski definition) is 2. The van der Waals surface area contributed by atoms with Crippen molar-refractivity contribution >= 4 is 34.0 Å². The SMILES string of the molecule is C[C@H](C(=O)Nc1ccccc1-c1ccccc1)N(C)CC(=O)Nc1cccc2ccccc12. The molecule has 0 aliphatic heterocycles. The first-order chi connectivity index (χ1) is 16.0. The normalized spacial score (nSPS) is 11.8. The van der Waals surface area contributed by atoms with Crippen molar-refractivity contribution in [2.45, 2.75) is 13.0 Å². The standard InChI is InChI=1S/C28H27N3O2/c1-20(28(33)30-26-17-9-8-16-24(26)21-11-4-3-5-12-21)31(2)19-27(32)29-25-18-10-14-22-13-6-7-15-23(22)25/h3-18,20H,19H2,1-2H3,(H,29,32)(H,30,33)/t20-/m1/s1. The highest BCUT2D eigenvalue weighted by Gasteiger charge is 2.21. The van der Waals surface area contributed by atoms with Gasteiger partial charge in [-0.2, -0.15) is 0 Å². The van der Waals surface area contributed by atoms with E-state index in [0.29, 0.717) is 0 Å². The van der Waals surface area contributed by atoms with Crippen LogP contribution in [0, 0.1) is 0 Å². The van der Waals surface area contributed by atoms with Gasteiger partial charge in [-0.3, -0.25) is 14.5 Å². The van der Waals surface area contributed by atoms with Gasteiger partial charge in [0.25, 0.3) is 0 Å². The van der Waals surface area contributed by atoms with Crippen molar-refractivity contribution in [3.05, 3.63) is 97.1 Å². The smallest absolute Gasteiger partial charge is 0.241 e. The lowest BCUT2D eigenvalue weighted by atomic mass is 10.0. The van der Waals surface area contributed by atoms with Gasteiger partial charge in [0.2, 0.25) is 11.8 Å². The van der Waals surface area contributed by atoms with Crippen LogP contribution >= 0.6 is 0 Å². The summed E-state index contributed by atoms with van der Waals surface area (Å²) in [5.74, 6) is -0.336. The van der Waals surface area contributed by atoms with Crippen LogP contribution in [0.25, 0.3) is 21.9 Å². The predicted molar refractivity (Wildman–Crippen MR) is 135 cm³/mol. The fourth-order valence-corrected chi connectivity index (χ4v) is 3.79. The molecule has 0 aromatic heterocycles. The van der Waals surface area contributed by atoms with Crippen molar-refractivity contribution in [2.75, 3.05) is 24.2 Å². The van der Waals surface area contributed by atoms with E-state index in [4.69, 9.17) is 0 Å². The summed E-state index contributed by atoms with van der Waals surface area (Å²) in [6, 6.07) is 30.9. The summed E-state index contributed by atoms with van der Waals surface area (Å²) < 4.78 is 0. The van der Waals surface area contributed by atoms with Crippen molar-refractivity contribution in [2.24, 2.45) is 0 Å². The summed E-state index contributed by atoms with van der Waals surface area (Å²) >= 11 is 0. The van der Waals surface area contributed by atoms with E-state index in [1.54, 1.807) is 18.9 Å². The van der Waals surface area contributed by atoms with Gasteiger partial charge in [-0.25, -0.2) is 0 Å². The third-order valence-electron chi connectivity index (χ3n) is 5.77. The van der Waals surface area contributed by atoms with Crippen LogP contribution < -0.4 is 10.6 Å². The van der Waals surface area contributed by atoms with E-state index < -0.39 is 6.04 Å². The second kappa shape index (κ2) is 10.1. The lowest BCUT2D eigenvalue weighted by Crippen LogP contribution is -2.43. The summed E-state index contributed by atoms with van der Waals surface area (Å²) in [5, 5.41) is 8.05. The number of anilines is 2. The number of carbonyl (C=O) groups is 2. The van der Waals surface area contributed by atoms with Gasteiger partial charge in [-0.05, 0) is 37.1 Å². The minimum absolute atomic E-state index is 0.0954. The molecule has 0 aliphatic rings. The van der Waals surface area contributed by atoms with E-state index in [2.05, 4.69) is 10.6 Å². The Morgan fingerprint density at radius 2 is 1.39 bits per heavy atom. The number of fused-ring (bicyclic) bond motifs is 1. The van der Waals surface area contributed by atoms with Gasteiger partial charge in [0, 0.05) is 22.3 Å². The van der Waals surface area contributed by atoms with Crippen molar-refractivity contribution < 1.29 is 9.59 Å². The Morgan fingerprint density at radius 3 is 2.21 bits per heavy atom. The highest BCUT2D eigenvalue weighted by atomic mass is 16.2. The zero-order valence-corrected chi connectivity index (χ0v) is 18.8. The van der Waals surface area contributed by atoms with Gasteiger partial charge in [-0.1, -0.05) is 84.9 Å². The maximum Gasteiger partial charge on any atom is 0.241 e. The molecule has 5 heteroatoms. The van der Waals surface area contributed by atoms with Crippen LogP contribution in [0.2, 0.25) is 0 Å². The Kier molecular flexibility index (Phi) is 6.81. The zero-order valence-electron chi connectivity index (χ0n) is 18.8. The van der Waals surface area contributed by atoms with Crippen LogP contribution in [0.1, 0.15) is 6.92 Å². The first-order valence-electron chi connectivity index (χ1n) is 11.0. The first-order valence-corrected chi connectivity index (χ1v) is 11.0. The number of nitrogens with one attached hydrogen (secondary N) is 2. The van der Waals surface area contributed by atoms with Crippen molar-refractivity contribution in [1.29, 1.82) is 0 Å². The molecule has 2 N–H and O–H groups in total. The molecule has 0 fully saturated rings. The molecular formula is C28H27N3O2. The molecule has 0 saturated heterocycles. The highest BCUT2D eigenvalue weighted by molar-refractivity contribution is 6.03. The van der Waals surface area contributed by atoms with Crippen LogP contribution in [0.15, 0.2) is 97.1 Å². The van der Waals surface area contributed by atoms with Gasteiger partial charge < -0.3 is 10.6 Å². The number of nitrogens with zero attached hydrogens (tertiary/aromatic N) is 1. The summed E-state index contributed by atoms with van der Waals surface area (Å²) in [5.41, 5.74) is 3.49. The average molecular weight is 438 g/mol. The average Bonchev–Trinajstić information content (AvgIpc) is 2.84. The summed E-state index contributed by atoms with van der Waals surface area (Å²) in [6.45, 7) is 1.89. The van der Waals surface area contributed by atoms with Crippen LogP contribution in [0.3, 0.4) is 0 Å². The van der Waals surface area contributed by atoms with E-state index in [1.165, 1.54) is 0 Å². The minimum Gasteiger partial charge on any atom is -0.324 e. The molecule has 2 amide bonds. The van der Waals surface area contributed by atoms with Gasteiger partial charge in [0.1, 0.15) is 0 Å². The number of para-hydroxylation sites is 1. The molecule has 0 bridgehead atoms. The van der Waals surface area contributed by atoms with Gasteiger partial charge in [0.15, 0.2) is 0 Å². The monoisotopic (exact) mass is 437 g/mol. The Bertz CT molecular complexity index is 1270. The van der Waals surface area contributed by atoms with E-state index in [-0.39, 0.29) is 18.4 Å². The number of carbonyl (C=O) groups excluding carboxylic acids is 2. The number of likely N-dealkylation sites (N-methyl/N-ethyl adjacent to an activating group) is 1. The van der Waals surface area contributed by atoms with Crippen molar-refractivity contribution in [3.8, 4) is 11.1 Å². The molecule has 5 nitrogen and oxygen atoms in total. The van der Waals surface area contributed by atoms with Gasteiger partial charge in [-0.15, -0.1) is 0 Å². The Morgan fingerprint density at radius 1 is 0.758 bits per heavy atom. The van der Waals surface area contributed by atoms with E-state index in [1.807, 2.05) is 97.1 Å². The number of amides is 2. The molecule has 166 valence electrons. The van der Waals surface area contributed by atoms with Crippen molar-refractivity contribution in [3.63, 3.8) is 0 Å². The molecule has 4 aromatic carbocycles. The molecule has 0 aliphatic carbocycles. The maximum atomic E-state index is 13.0. The van der Waals surface area contributed by atoms with E-state index >= 15 is 0 Å². The zero-order chi connectivity index (χ0) is 23.2. The predicted octanol–water partition coefficient (Wildman–Crippen LogP) is 5.40. The minimum atomic E-state index is -0.493. The fourth-order valence-electron chi connectivity index (χ4n) is 3.79. The molecule has 0 heterocycles. The summed E-state index contributed by atoms with van der Waals surface area (Å²) in [6.07, 6.45) is 0. The Hall–Kier alpha value is -3.96. The summed E-state index contributed by atoms with van der Waals surface area (Å²) in [4.78, 5) is 27.4. The lowest BCUT2D eigenvalue weighted by Gasteiger charge is -2.24. The van der Waals surface area contributed by atoms with Crippen LogP contribution in [-0.4, -0.2) is 36.3 Å². The topological polar surface area (TPSA) is 61.4 Å². The maximum absolute atomic E-state index is 13.0. The Balaban J connectivity index is 1.41. The molecular weight excluding hydrogens is 410 g/mol.